The number of nitrogens with one attached hydrogen (secondary N) is 1. The maximum atomic E-state index is 11.7. The van der Waals surface area contributed by atoms with Gasteiger partial charge >= 0.3 is 7.60 Å². The molecule has 0 amide bonds. The zero-order valence-corrected chi connectivity index (χ0v) is 13.2. The van der Waals surface area contributed by atoms with E-state index in [-0.39, 0.29) is 36.6 Å². The first-order valence-corrected chi connectivity index (χ1v) is 8.47. The standard InChI is InChI=1S/C10H15N8O5P/c11-10-15-8-7(9(19)16-10)13-4-18(8)3-6(1-2-14-17-12)23-5-24(20,21)22/h4,6H,1-3,5H2,(H2,20,21,22)(H3,11,15,16,19)/t6-/m1/s1. The van der Waals surface area contributed by atoms with E-state index in [0.29, 0.717) is 0 Å². The van der Waals surface area contributed by atoms with Crippen molar-refractivity contribution >= 4 is 24.7 Å². The average molecular weight is 358 g/mol. The number of fused-ring (bicyclic) bond motifs is 1. The number of aromatic amines is 1. The summed E-state index contributed by atoms with van der Waals surface area (Å²) >= 11 is 0. The first-order valence-electron chi connectivity index (χ1n) is 6.68. The number of aromatic nitrogens is 4. The second-order valence-corrected chi connectivity index (χ2v) is 6.43. The molecule has 0 radical (unpaired) electrons. The van der Waals surface area contributed by atoms with Crippen LogP contribution in [-0.2, 0) is 15.8 Å². The second kappa shape index (κ2) is 7.43. The summed E-state index contributed by atoms with van der Waals surface area (Å²) in [4.78, 5) is 42.4. The molecule has 0 aliphatic heterocycles. The molecule has 14 heteroatoms. The van der Waals surface area contributed by atoms with E-state index in [9.17, 15) is 9.36 Å². The number of hydrogen-bond donors (Lipinski definition) is 4. The Kier molecular flexibility index (Phi) is 5.54. The number of hydrogen-bond acceptors (Lipinski definition) is 7. The first-order chi connectivity index (χ1) is 11.3. The van der Waals surface area contributed by atoms with Gasteiger partial charge in [0.25, 0.3) is 5.56 Å². The Labute approximate surface area is 134 Å². The van der Waals surface area contributed by atoms with Gasteiger partial charge in [0.15, 0.2) is 11.2 Å². The number of nitrogens with zero attached hydrogens (tertiary/aromatic N) is 6. The molecule has 0 saturated carbocycles. The number of nitrogens with two attached hydrogens (primary N) is 1. The Morgan fingerprint density at radius 3 is 3.00 bits per heavy atom. The third-order valence-corrected chi connectivity index (χ3v) is 3.47. The molecule has 2 rings (SSSR count). The van der Waals surface area contributed by atoms with Gasteiger partial charge < -0.3 is 24.8 Å². The third-order valence-electron chi connectivity index (χ3n) is 2.99. The summed E-state index contributed by atoms with van der Waals surface area (Å²) in [5.41, 5.74) is 13.6. The predicted octanol–water partition coefficient (Wildman–Crippen LogP) is -0.0774. The van der Waals surface area contributed by atoms with Crippen molar-refractivity contribution < 1.29 is 19.1 Å². The summed E-state index contributed by atoms with van der Waals surface area (Å²) in [7, 11) is -4.35. The quantitative estimate of drug-likeness (QED) is 0.217. The SMILES string of the molecule is [N-]=[N+]=NCC[C@H](Cn1cnc2c(=O)[nH]c(N)nc21)OCP(=O)(O)O. The Morgan fingerprint density at radius 1 is 1.58 bits per heavy atom. The van der Waals surface area contributed by atoms with Crippen molar-refractivity contribution in [3.05, 3.63) is 27.1 Å². The van der Waals surface area contributed by atoms with E-state index in [1.807, 2.05) is 0 Å². The van der Waals surface area contributed by atoms with Crippen LogP contribution in [0.5, 0.6) is 0 Å². The van der Waals surface area contributed by atoms with Gasteiger partial charge in [-0.2, -0.15) is 4.98 Å². The number of rotatable bonds is 8. The highest BCUT2D eigenvalue weighted by atomic mass is 31.2. The van der Waals surface area contributed by atoms with Gasteiger partial charge in [-0.15, -0.1) is 0 Å². The molecular formula is C10H15N8O5P. The van der Waals surface area contributed by atoms with Gasteiger partial charge in [-0.1, -0.05) is 5.11 Å². The van der Waals surface area contributed by atoms with E-state index >= 15 is 0 Å². The molecule has 0 saturated heterocycles. The van der Waals surface area contributed by atoms with E-state index < -0.39 is 25.6 Å². The van der Waals surface area contributed by atoms with E-state index in [1.165, 1.54) is 10.9 Å². The molecule has 2 heterocycles. The molecule has 0 unspecified atom stereocenters. The maximum absolute atomic E-state index is 11.7. The summed E-state index contributed by atoms with van der Waals surface area (Å²) < 4.78 is 17.6. The van der Waals surface area contributed by atoms with Gasteiger partial charge in [0, 0.05) is 11.5 Å². The largest absolute Gasteiger partial charge is 0.369 e. The fraction of sp³-hybridized carbons (Fsp3) is 0.500. The summed E-state index contributed by atoms with van der Waals surface area (Å²) in [6, 6.07) is 0. The molecule has 0 aliphatic carbocycles. The zero-order valence-electron chi connectivity index (χ0n) is 12.3. The molecular weight excluding hydrogens is 343 g/mol. The van der Waals surface area contributed by atoms with E-state index in [1.54, 1.807) is 0 Å². The topological polar surface area (TPSA) is 205 Å². The van der Waals surface area contributed by atoms with E-state index in [2.05, 4.69) is 25.0 Å². The van der Waals surface area contributed by atoms with Gasteiger partial charge in [0.05, 0.1) is 19.0 Å². The van der Waals surface area contributed by atoms with Crippen molar-refractivity contribution in [3.8, 4) is 0 Å². The van der Waals surface area contributed by atoms with Gasteiger partial charge in [0.1, 0.15) is 6.35 Å². The van der Waals surface area contributed by atoms with Crippen LogP contribution in [0.3, 0.4) is 0 Å². The number of nitrogen functional groups attached to an aromatic ring is 1. The minimum absolute atomic E-state index is 0.0745. The molecule has 0 bridgehead atoms. The second-order valence-electron chi connectivity index (χ2n) is 4.85. The first kappa shape index (κ1) is 17.9. The number of ether oxygens (including phenoxy) is 1. The summed E-state index contributed by atoms with van der Waals surface area (Å²) in [5.74, 6) is -0.0870. The van der Waals surface area contributed by atoms with Gasteiger partial charge in [-0.05, 0) is 12.0 Å². The molecule has 0 aromatic carbocycles. The smallest absolute Gasteiger partial charge is 0.350 e. The Balaban J connectivity index is 2.22. The minimum atomic E-state index is -4.35. The van der Waals surface area contributed by atoms with Crippen LogP contribution in [-0.4, -0.2) is 48.3 Å². The molecule has 0 fully saturated rings. The van der Waals surface area contributed by atoms with Crippen LogP contribution >= 0.6 is 7.60 Å². The summed E-state index contributed by atoms with van der Waals surface area (Å²) in [5, 5.41) is 3.37. The molecule has 130 valence electrons. The lowest BCUT2D eigenvalue weighted by molar-refractivity contribution is 0.0585. The average Bonchev–Trinajstić information content (AvgIpc) is 2.87. The highest BCUT2D eigenvalue weighted by molar-refractivity contribution is 7.51. The van der Waals surface area contributed by atoms with Crippen LogP contribution in [0.4, 0.5) is 5.95 Å². The van der Waals surface area contributed by atoms with E-state index in [0.717, 1.165) is 0 Å². The lowest BCUT2D eigenvalue weighted by atomic mass is 10.2. The van der Waals surface area contributed by atoms with Gasteiger partial charge in [0.2, 0.25) is 5.95 Å². The molecule has 2 aromatic rings. The van der Waals surface area contributed by atoms with Crippen LogP contribution < -0.4 is 11.3 Å². The molecule has 1 atom stereocenters. The third kappa shape index (κ3) is 4.78. The lowest BCUT2D eigenvalue weighted by Gasteiger charge is -2.18. The molecule has 5 N–H and O–H groups in total. The minimum Gasteiger partial charge on any atom is -0.369 e. The van der Waals surface area contributed by atoms with Crippen LogP contribution in [0.15, 0.2) is 16.2 Å². The Morgan fingerprint density at radius 2 is 2.33 bits per heavy atom. The molecule has 13 nitrogen and oxygen atoms in total. The summed E-state index contributed by atoms with van der Waals surface area (Å²) in [6.07, 6.45) is 0.0789. The molecule has 0 spiro atoms. The van der Waals surface area contributed by atoms with Crippen molar-refractivity contribution in [2.24, 2.45) is 5.11 Å². The fourth-order valence-electron chi connectivity index (χ4n) is 2.00. The van der Waals surface area contributed by atoms with Crippen molar-refractivity contribution in [2.45, 2.75) is 19.1 Å². The van der Waals surface area contributed by atoms with Gasteiger partial charge in [-0.3, -0.25) is 14.3 Å². The monoisotopic (exact) mass is 358 g/mol. The van der Waals surface area contributed by atoms with Crippen molar-refractivity contribution in [2.75, 3.05) is 18.6 Å². The van der Waals surface area contributed by atoms with Crippen molar-refractivity contribution in [1.29, 1.82) is 0 Å². The maximum Gasteiger partial charge on any atom is 0.350 e. The van der Waals surface area contributed by atoms with Crippen LogP contribution in [0.25, 0.3) is 21.6 Å². The highest BCUT2D eigenvalue weighted by Gasteiger charge is 2.19. The lowest BCUT2D eigenvalue weighted by Crippen LogP contribution is -2.22. The normalized spacial score (nSPS) is 12.9. The van der Waals surface area contributed by atoms with Crippen LogP contribution in [0.1, 0.15) is 6.42 Å². The molecule has 24 heavy (non-hydrogen) atoms. The number of H-pyrrole nitrogens is 1. The van der Waals surface area contributed by atoms with Crippen molar-refractivity contribution in [1.82, 2.24) is 19.5 Å². The highest BCUT2D eigenvalue weighted by Crippen LogP contribution is 2.34. The number of azide groups is 1. The van der Waals surface area contributed by atoms with Crippen molar-refractivity contribution in [3.63, 3.8) is 0 Å². The summed E-state index contributed by atoms with van der Waals surface area (Å²) in [6.45, 7) is 0.165. The van der Waals surface area contributed by atoms with Crippen LogP contribution in [0.2, 0.25) is 0 Å². The Bertz CT molecular complexity index is 866. The fourth-order valence-corrected chi connectivity index (χ4v) is 2.41. The molecule has 0 aliphatic rings. The number of anilines is 1. The zero-order chi connectivity index (χ0) is 17.7. The van der Waals surface area contributed by atoms with Crippen LogP contribution in [0, 0.1) is 0 Å². The molecule has 2 aromatic heterocycles. The number of imidazole rings is 1. The van der Waals surface area contributed by atoms with Gasteiger partial charge in [-0.25, -0.2) is 4.98 Å². The van der Waals surface area contributed by atoms with E-state index in [4.69, 9.17) is 25.8 Å². The Hall–Kier alpha value is -2.43. The predicted molar refractivity (Wildman–Crippen MR) is 83.0 cm³/mol.